The van der Waals surface area contributed by atoms with Crippen molar-refractivity contribution in [3.05, 3.63) is 106 Å². The Hall–Kier alpha value is -4.58. The summed E-state index contributed by atoms with van der Waals surface area (Å²) in [5.74, 6) is 0.0817. The second-order valence-electron chi connectivity index (χ2n) is 8.80. The lowest BCUT2D eigenvalue weighted by atomic mass is 9.92. The zero-order valence-electron chi connectivity index (χ0n) is 19.1. The van der Waals surface area contributed by atoms with Crippen molar-refractivity contribution in [3.8, 4) is 11.5 Å². The zero-order valence-corrected chi connectivity index (χ0v) is 19.1. The van der Waals surface area contributed by atoms with E-state index in [0.29, 0.717) is 22.3 Å². The van der Waals surface area contributed by atoms with Crippen LogP contribution in [0.25, 0.3) is 21.7 Å². The fourth-order valence-corrected chi connectivity index (χ4v) is 5.04. The first-order valence-electron chi connectivity index (χ1n) is 11.5. The first-order chi connectivity index (χ1) is 17.0. The molecule has 0 aliphatic carbocycles. The van der Waals surface area contributed by atoms with Gasteiger partial charge in [0.2, 0.25) is 0 Å². The molecule has 172 valence electrons. The maximum absolute atomic E-state index is 13.5. The maximum atomic E-state index is 13.5. The molecule has 0 bridgehead atoms. The number of nitrogens with one attached hydrogen (secondary N) is 1. The Labute approximate surface area is 201 Å². The summed E-state index contributed by atoms with van der Waals surface area (Å²) >= 11 is 0. The molecule has 0 saturated carbocycles. The van der Waals surface area contributed by atoms with E-state index in [1.54, 1.807) is 23.7 Å². The van der Waals surface area contributed by atoms with Crippen LogP contribution in [0.4, 0.5) is 11.4 Å². The highest BCUT2D eigenvalue weighted by Crippen LogP contribution is 2.41. The molecular weight excluding hydrogens is 438 g/mol. The van der Waals surface area contributed by atoms with Gasteiger partial charge in [-0.1, -0.05) is 54.6 Å². The Bertz CT molecular complexity index is 1720. The van der Waals surface area contributed by atoms with Crippen LogP contribution >= 0.6 is 0 Å². The number of aliphatic imine (C=N–C) groups is 1. The molecule has 0 unspecified atom stereocenters. The number of para-hydroxylation sites is 3. The van der Waals surface area contributed by atoms with Crippen LogP contribution in [0.5, 0.6) is 11.5 Å². The van der Waals surface area contributed by atoms with Crippen LogP contribution in [0.2, 0.25) is 0 Å². The summed E-state index contributed by atoms with van der Waals surface area (Å²) in [6.45, 7) is 0. The minimum absolute atomic E-state index is 0.0808. The zero-order chi connectivity index (χ0) is 24.1. The molecule has 3 N–H and O–H groups in total. The van der Waals surface area contributed by atoms with Crippen molar-refractivity contribution in [3.63, 3.8) is 0 Å². The largest absolute Gasteiger partial charge is 0.508 e. The quantitative estimate of drug-likeness (QED) is 0.311. The molecule has 0 spiro atoms. The molecule has 0 saturated heterocycles. The summed E-state index contributed by atoms with van der Waals surface area (Å²) in [5, 5.41) is 28.3. The minimum Gasteiger partial charge on any atom is -0.508 e. The highest BCUT2D eigenvalue weighted by molar-refractivity contribution is 6.09. The molecule has 0 fully saturated rings. The van der Waals surface area contributed by atoms with Gasteiger partial charge in [0.05, 0.1) is 28.6 Å². The summed E-state index contributed by atoms with van der Waals surface area (Å²) in [6, 6.07) is 25.9. The Morgan fingerprint density at radius 3 is 2.46 bits per heavy atom. The van der Waals surface area contributed by atoms with Crippen LogP contribution in [-0.4, -0.2) is 20.5 Å². The van der Waals surface area contributed by atoms with Gasteiger partial charge in [0.25, 0.3) is 5.56 Å². The standard InChI is InChI=1S/C29H23N3O3/c1-32-24-13-7-4-10-19(24)28(34)27(29(32)35)23-16-22(30-20-11-5-6-12-21(20)31-23)26-18-9-3-2-8-17(18)14-15-25(26)33/h2-15,22,30,33-34H,16H2,1H3/t22-/m0/s1. The van der Waals surface area contributed by atoms with Crippen LogP contribution in [0.1, 0.15) is 23.6 Å². The van der Waals surface area contributed by atoms with Crippen LogP contribution in [0.15, 0.2) is 94.7 Å². The summed E-state index contributed by atoms with van der Waals surface area (Å²) < 4.78 is 1.54. The molecule has 1 aliphatic rings. The third-order valence-corrected chi connectivity index (χ3v) is 6.75. The lowest BCUT2D eigenvalue weighted by molar-refractivity contribution is 0.466. The van der Waals surface area contributed by atoms with Crippen LogP contribution < -0.4 is 10.9 Å². The van der Waals surface area contributed by atoms with Crippen molar-refractivity contribution in [1.82, 2.24) is 4.57 Å². The number of pyridine rings is 1. The van der Waals surface area contributed by atoms with Crippen molar-refractivity contribution in [1.29, 1.82) is 0 Å². The van der Waals surface area contributed by atoms with E-state index < -0.39 is 0 Å². The molecule has 35 heavy (non-hydrogen) atoms. The number of aromatic nitrogens is 1. The van der Waals surface area contributed by atoms with Gasteiger partial charge in [0.1, 0.15) is 17.1 Å². The Morgan fingerprint density at radius 1 is 0.886 bits per heavy atom. The number of nitrogens with zero attached hydrogens (tertiary/aromatic N) is 2. The molecule has 1 aromatic heterocycles. The fourth-order valence-electron chi connectivity index (χ4n) is 5.04. The van der Waals surface area contributed by atoms with E-state index in [9.17, 15) is 15.0 Å². The number of hydrogen-bond donors (Lipinski definition) is 3. The van der Waals surface area contributed by atoms with Crippen LogP contribution in [0.3, 0.4) is 0 Å². The van der Waals surface area contributed by atoms with E-state index >= 15 is 0 Å². The molecule has 6 rings (SSSR count). The summed E-state index contributed by atoms with van der Waals surface area (Å²) in [7, 11) is 1.70. The van der Waals surface area contributed by atoms with Crippen molar-refractivity contribution in [2.45, 2.75) is 12.5 Å². The normalized spacial score (nSPS) is 15.3. The lowest BCUT2D eigenvalue weighted by Crippen LogP contribution is -2.26. The monoisotopic (exact) mass is 461 g/mol. The Morgan fingerprint density at radius 2 is 1.60 bits per heavy atom. The first-order valence-corrected chi connectivity index (χ1v) is 11.5. The van der Waals surface area contributed by atoms with Crippen LogP contribution in [-0.2, 0) is 7.05 Å². The van der Waals surface area contributed by atoms with E-state index in [1.165, 1.54) is 0 Å². The van der Waals surface area contributed by atoms with Gasteiger partial charge >= 0.3 is 0 Å². The molecule has 5 aromatic rings. The molecule has 2 heterocycles. The molecule has 1 aliphatic heterocycles. The molecule has 6 heteroatoms. The van der Waals surface area contributed by atoms with Gasteiger partial charge in [-0.2, -0.15) is 0 Å². The highest BCUT2D eigenvalue weighted by atomic mass is 16.3. The third kappa shape index (κ3) is 3.34. The van der Waals surface area contributed by atoms with Crippen molar-refractivity contribution in [2.75, 3.05) is 5.32 Å². The molecule has 6 nitrogen and oxygen atoms in total. The third-order valence-electron chi connectivity index (χ3n) is 6.75. The SMILES string of the molecule is Cn1c(=O)c(C2=Nc3ccccc3N[C@H](c3c(O)ccc4ccccc34)C2)c(O)c2ccccc21. The van der Waals surface area contributed by atoms with Crippen molar-refractivity contribution >= 4 is 38.8 Å². The van der Waals surface area contributed by atoms with Gasteiger partial charge in [-0.3, -0.25) is 9.79 Å². The first kappa shape index (κ1) is 21.0. The average Bonchev–Trinajstić information content (AvgIpc) is 3.07. The van der Waals surface area contributed by atoms with E-state index in [-0.39, 0.29) is 35.1 Å². The lowest BCUT2D eigenvalue weighted by Gasteiger charge is -2.22. The molecule has 0 amide bonds. The Balaban J connectivity index is 1.62. The molecule has 4 aromatic carbocycles. The Kier molecular flexibility index (Phi) is 4.81. The molecular formula is C29H23N3O3. The van der Waals surface area contributed by atoms with Gasteiger partial charge < -0.3 is 20.1 Å². The number of aryl methyl sites for hydroxylation is 1. The molecule has 1 atom stereocenters. The number of phenols is 1. The van der Waals surface area contributed by atoms with Crippen molar-refractivity contribution < 1.29 is 10.2 Å². The second-order valence-corrected chi connectivity index (χ2v) is 8.80. The van der Waals surface area contributed by atoms with Gasteiger partial charge in [-0.15, -0.1) is 0 Å². The average molecular weight is 462 g/mol. The number of fused-ring (bicyclic) bond motifs is 3. The van der Waals surface area contributed by atoms with Gasteiger partial charge in [-0.25, -0.2) is 0 Å². The summed E-state index contributed by atoms with van der Waals surface area (Å²) in [5.41, 5.74) is 3.15. The predicted molar refractivity (Wildman–Crippen MR) is 140 cm³/mol. The molecule has 0 radical (unpaired) electrons. The number of benzene rings is 4. The van der Waals surface area contributed by atoms with Gasteiger partial charge in [0.15, 0.2) is 0 Å². The number of aromatic hydroxyl groups is 2. The van der Waals surface area contributed by atoms with Gasteiger partial charge in [-0.05, 0) is 41.1 Å². The second kappa shape index (κ2) is 8.02. The summed E-state index contributed by atoms with van der Waals surface area (Å²) in [4.78, 5) is 18.4. The van der Waals surface area contributed by atoms with E-state index in [2.05, 4.69) is 5.32 Å². The van der Waals surface area contributed by atoms with E-state index in [1.807, 2.05) is 72.8 Å². The topological polar surface area (TPSA) is 86.9 Å². The minimum atomic E-state index is -0.390. The van der Waals surface area contributed by atoms with Gasteiger partial charge in [0, 0.05) is 24.4 Å². The van der Waals surface area contributed by atoms with Crippen molar-refractivity contribution in [2.24, 2.45) is 12.0 Å². The van der Waals surface area contributed by atoms with Crippen LogP contribution in [0, 0.1) is 0 Å². The number of hydrogen-bond acceptors (Lipinski definition) is 5. The summed E-state index contributed by atoms with van der Waals surface area (Å²) in [6.07, 6.45) is 0.289. The van der Waals surface area contributed by atoms with E-state index in [4.69, 9.17) is 4.99 Å². The number of anilines is 1. The predicted octanol–water partition coefficient (Wildman–Crippen LogP) is 5.78. The smallest absolute Gasteiger partial charge is 0.263 e. The number of rotatable bonds is 2. The fraction of sp³-hybridized carbons (Fsp3) is 0.103. The number of phenolic OH excluding ortho intramolecular Hbond substituents is 1. The highest BCUT2D eigenvalue weighted by Gasteiger charge is 2.28. The maximum Gasteiger partial charge on any atom is 0.263 e. The van der Waals surface area contributed by atoms with E-state index in [0.717, 1.165) is 22.0 Å².